The van der Waals surface area contributed by atoms with Gasteiger partial charge in [0.15, 0.2) is 0 Å². The maximum atomic E-state index is 13.2. The standard InChI is InChI=1S/C13H12F2N4O2/c14-8-1-7(2-9(15)3-8)12-6-19(18-17-12)10-4-11(13(20)21)16-5-10/h1-3,6,10-11,16H,4-5H2,(H,20,21). The summed E-state index contributed by atoms with van der Waals surface area (Å²) in [6.45, 7) is 0.456. The molecule has 2 heterocycles. The fourth-order valence-electron chi connectivity index (χ4n) is 2.40. The van der Waals surface area contributed by atoms with Crippen LogP contribution in [0.15, 0.2) is 24.4 Å². The molecule has 2 N–H and O–H groups in total. The fourth-order valence-corrected chi connectivity index (χ4v) is 2.40. The van der Waals surface area contributed by atoms with E-state index in [4.69, 9.17) is 5.11 Å². The molecule has 0 aliphatic carbocycles. The van der Waals surface area contributed by atoms with E-state index in [1.165, 1.54) is 16.8 Å². The quantitative estimate of drug-likeness (QED) is 0.889. The monoisotopic (exact) mass is 294 g/mol. The lowest BCUT2D eigenvalue weighted by Gasteiger charge is -2.07. The molecular formula is C13H12F2N4O2. The van der Waals surface area contributed by atoms with Crippen molar-refractivity contribution in [3.63, 3.8) is 0 Å². The summed E-state index contributed by atoms with van der Waals surface area (Å²) in [6.07, 6.45) is 1.94. The minimum Gasteiger partial charge on any atom is -0.480 e. The highest BCUT2D eigenvalue weighted by Crippen LogP contribution is 2.23. The number of hydrogen-bond acceptors (Lipinski definition) is 4. The lowest BCUT2D eigenvalue weighted by Crippen LogP contribution is -2.29. The number of aliphatic carboxylic acids is 1. The molecule has 21 heavy (non-hydrogen) atoms. The van der Waals surface area contributed by atoms with Crippen LogP contribution >= 0.6 is 0 Å². The van der Waals surface area contributed by atoms with E-state index in [-0.39, 0.29) is 6.04 Å². The molecule has 0 bridgehead atoms. The Morgan fingerprint density at radius 2 is 2.05 bits per heavy atom. The molecule has 1 aromatic carbocycles. The van der Waals surface area contributed by atoms with Gasteiger partial charge in [0.05, 0.1) is 12.2 Å². The Hall–Kier alpha value is -2.35. The normalized spacial score (nSPS) is 21.6. The first-order chi connectivity index (χ1) is 10.0. The van der Waals surface area contributed by atoms with Gasteiger partial charge in [-0.15, -0.1) is 5.10 Å². The number of aromatic nitrogens is 3. The van der Waals surface area contributed by atoms with Crippen LogP contribution in [0.1, 0.15) is 12.5 Å². The summed E-state index contributed by atoms with van der Waals surface area (Å²) >= 11 is 0. The third-order valence-corrected chi connectivity index (χ3v) is 3.45. The number of carboxylic acid groups (broad SMARTS) is 1. The molecule has 1 aliphatic heterocycles. The highest BCUT2D eigenvalue weighted by Gasteiger charge is 2.30. The molecular weight excluding hydrogens is 282 g/mol. The van der Waals surface area contributed by atoms with Crippen LogP contribution in [0.3, 0.4) is 0 Å². The molecule has 6 nitrogen and oxygen atoms in total. The van der Waals surface area contributed by atoms with E-state index in [1.54, 1.807) is 6.20 Å². The molecule has 8 heteroatoms. The number of nitrogens with one attached hydrogen (secondary N) is 1. The topological polar surface area (TPSA) is 80.0 Å². The molecule has 2 aromatic rings. The first-order valence-corrected chi connectivity index (χ1v) is 6.37. The van der Waals surface area contributed by atoms with Crippen molar-refractivity contribution in [1.29, 1.82) is 0 Å². The van der Waals surface area contributed by atoms with Crippen molar-refractivity contribution < 1.29 is 18.7 Å². The SMILES string of the molecule is O=C(O)C1CC(n2cc(-c3cc(F)cc(F)c3)nn2)CN1. The summed E-state index contributed by atoms with van der Waals surface area (Å²) < 4.78 is 27.9. The molecule has 1 saturated heterocycles. The van der Waals surface area contributed by atoms with Crippen LogP contribution in [0.5, 0.6) is 0 Å². The molecule has 0 amide bonds. The molecule has 0 spiro atoms. The second kappa shape index (κ2) is 5.21. The fraction of sp³-hybridized carbons (Fsp3) is 0.308. The minimum atomic E-state index is -0.912. The molecule has 1 aliphatic rings. The minimum absolute atomic E-state index is 0.147. The zero-order chi connectivity index (χ0) is 15.0. The summed E-state index contributed by atoms with van der Waals surface area (Å²) in [5, 5.41) is 19.6. The maximum absolute atomic E-state index is 13.2. The maximum Gasteiger partial charge on any atom is 0.320 e. The van der Waals surface area contributed by atoms with Gasteiger partial charge >= 0.3 is 5.97 Å². The number of halogens is 2. The van der Waals surface area contributed by atoms with Gasteiger partial charge < -0.3 is 10.4 Å². The van der Waals surface area contributed by atoms with Crippen LogP contribution in [0, 0.1) is 11.6 Å². The van der Waals surface area contributed by atoms with Crippen molar-refractivity contribution in [2.45, 2.75) is 18.5 Å². The van der Waals surface area contributed by atoms with Gasteiger partial charge in [-0.25, -0.2) is 13.5 Å². The number of carboxylic acids is 1. The van der Waals surface area contributed by atoms with Gasteiger partial charge in [-0.2, -0.15) is 0 Å². The van der Waals surface area contributed by atoms with E-state index in [9.17, 15) is 13.6 Å². The van der Waals surface area contributed by atoms with E-state index >= 15 is 0 Å². The van der Waals surface area contributed by atoms with E-state index in [0.29, 0.717) is 24.2 Å². The third-order valence-electron chi connectivity index (χ3n) is 3.45. The van der Waals surface area contributed by atoms with Crippen LogP contribution in [-0.2, 0) is 4.79 Å². The van der Waals surface area contributed by atoms with Crippen molar-refractivity contribution in [1.82, 2.24) is 20.3 Å². The Bertz CT molecular complexity index is 668. The van der Waals surface area contributed by atoms with Crippen LogP contribution in [0.4, 0.5) is 8.78 Å². The van der Waals surface area contributed by atoms with Crippen molar-refractivity contribution in [2.75, 3.05) is 6.54 Å². The smallest absolute Gasteiger partial charge is 0.320 e. The molecule has 1 fully saturated rings. The average Bonchev–Trinajstić information content (AvgIpc) is 3.07. The highest BCUT2D eigenvalue weighted by atomic mass is 19.1. The van der Waals surface area contributed by atoms with Gasteiger partial charge in [0.1, 0.15) is 23.4 Å². The Kier molecular flexibility index (Phi) is 3.38. The number of nitrogens with zero attached hydrogens (tertiary/aromatic N) is 3. The molecule has 0 saturated carbocycles. The largest absolute Gasteiger partial charge is 0.480 e. The van der Waals surface area contributed by atoms with Gasteiger partial charge in [-0.1, -0.05) is 5.21 Å². The van der Waals surface area contributed by atoms with Gasteiger partial charge in [-0.05, 0) is 18.6 Å². The molecule has 0 radical (unpaired) electrons. The van der Waals surface area contributed by atoms with Crippen molar-refractivity contribution in [3.8, 4) is 11.3 Å². The molecule has 3 rings (SSSR count). The first kappa shape index (κ1) is 13.6. The molecule has 2 unspecified atom stereocenters. The predicted molar refractivity (Wildman–Crippen MR) is 68.5 cm³/mol. The Morgan fingerprint density at radius 1 is 1.33 bits per heavy atom. The summed E-state index contributed by atoms with van der Waals surface area (Å²) in [5.41, 5.74) is 0.631. The van der Waals surface area contributed by atoms with Crippen molar-refractivity contribution in [2.24, 2.45) is 0 Å². The average molecular weight is 294 g/mol. The van der Waals surface area contributed by atoms with Gasteiger partial charge in [0.25, 0.3) is 0 Å². The van der Waals surface area contributed by atoms with E-state index in [1.807, 2.05) is 0 Å². The van der Waals surface area contributed by atoms with Crippen LogP contribution in [0.2, 0.25) is 0 Å². The number of hydrogen-bond donors (Lipinski definition) is 2. The first-order valence-electron chi connectivity index (χ1n) is 6.37. The molecule has 2 atom stereocenters. The summed E-state index contributed by atoms with van der Waals surface area (Å²) in [5.74, 6) is -2.29. The van der Waals surface area contributed by atoms with Crippen molar-refractivity contribution in [3.05, 3.63) is 36.0 Å². The summed E-state index contributed by atoms with van der Waals surface area (Å²) in [7, 11) is 0. The lowest BCUT2D eigenvalue weighted by molar-refractivity contribution is -0.139. The molecule has 110 valence electrons. The lowest BCUT2D eigenvalue weighted by atomic mass is 10.1. The Labute approximate surface area is 118 Å². The highest BCUT2D eigenvalue weighted by molar-refractivity contribution is 5.73. The van der Waals surface area contributed by atoms with Gasteiger partial charge in [0.2, 0.25) is 0 Å². The number of benzene rings is 1. The van der Waals surface area contributed by atoms with Crippen molar-refractivity contribution >= 4 is 5.97 Å². The zero-order valence-corrected chi connectivity index (χ0v) is 10.8. The third kappa shape index (κ3) is 2.75. The van der Waals surface area contributed by atoms with E-state index in [0.717, 1.165) is 6.07 Å². The van der Waals surface area contributed by atoms with Crippen LogP contribution < -0.4 is 5.32 Å². The summed E-state index contributed by atoms with van der Waals surface area (Å²) in [6, 6.07) is 2.36. The predicted octanol–water partition coefficient (Wildman–Crippen LogP) is 1.21. The second-order valence-electron chi connectivity index (χ2n) is 4.93. The Morgan fingerprint density at radius 3 is 2.67 bits per heavy atom. The van der Waals surface area contributed by atoms with Crippen LogP contribution in [-0.4, -0.2) is 38.7 Å². The number of carbonyl (C=O) groups is 1. The van der Waals surface area contributed by atoms with Gasteiger partial charge in [-0.3, -0.25) is 4.79 Å². The number of rotatable bonds is 3. The second-order valence-corrected chi connectivity index (χ2v) is 4.93. The summed E-state index contributed by atoms with van der Waals surface area (Å²) in [4.78, 5) is 10.9. The Balaban J connectivity index is 1.82. The van der Waals surface area contributed by atoms with E-state index < -0.39 is 23.6 Å². The van der Waals surface area contributed by atoms with Gasteiger partial charge in [0, 0.05) is 18.2 Å². The van der Waals surface area contributed by atoms with E-state index in [2.05, 4.69) is 15.6 Å². The molecule has 1 aromatic heterocycles. The van der Waals surface area contributed by atoms with Crippen LogP contribution in [0.25, 0.3) is 11.3 Å². The zero-order valence-electron chi connectivity index (χ0n) is 10.8.